The molecule has 0 unspecified atom stereocenters. The summed E-state index contributed by atoms with van der Waals surface area (Å²) >= 11 is 0. The van der Waals surface area contributed by atoms with Gasteiger partial charge in [-0.3, -0.25) is 0 Å². The smallest absolute Gasteiger partial charge is 0.391 e. The summed E-state index contributed by atoms with van der Waals surface area (Å²) in [6.45, 7) is 7.16. The zero-order valence-corrected chi connectivity index (χ0v) is 11.0. The number of fused-ring (bicyclic) bond motifs is 1. The molecule has 8 nitrogen and oxygen atoms in total. The standard InChI is InChI=1S/C11H16N6O2/c1-3-16-8(2)17-10(14-16)12-9(13-11(17)18)15-4-6-19-7-5-15/h3-7H2,1-2H3. The molecule has 0 aliphatic carbocycles. The molecule has 0 bridgehead atoms. The van der Waals surface area contributed by atoms with Crippen LogP contribution >= 0.6 is 0 Å². The van der Waals surface area contributed by atoms with Gasteiger partial charge in [0.25, 0.3) is 0 Å². The van der Waals surface area contributed by atoms with Crippen LogP contribution in [0.1, 0.15) is 12.7 Å². The molecule has 1 aliphatic heterocycles. The minimum Gasteiger partial charge on any atom is -0.830 e. The van der Waals surface area contributed by atoms with Crippen molar-refractivity contribution in [2.75, 3.05) is 31.2 Å². The molecule has 8 heteroatoms. The summed E-state index contributed by atoms with van der Waals surface area (Å²) in [4.78, 5) is 10.4. The molecule has 0 amide bonds. The molecule has 19 heavy (non-hydrogen) atoms. The van der Waals surface area contributed by atoms with Crippen LogP contribution < -0.4 is 14.4 Å². The Morgan fingerprint density at radius 2 is 2.05 bits per heavy atom. The monoisotopic (exact) mass is 264 g/mol. The molecule has 0 saturated carbocycles. The number of hydrogen-bond acceptors (Lipinski definition) is 6. The molecule has 1 aliphatic rings. The van der Waals surface area contributed by atoms with E-state index in [0.717, 1.165) is 5.82 Å². The maximum atomic E-state index is 12.1. The summed E-state index contributed by atoms with van der Waals surface area (Å²) in [5.74, 6) is 1.59. The Balaban J connectivity index is 2.08. The Hall–Kier alpha value is -1.96. The summed E-state index contributed by atoms with van der Waals surface area (Å²) in [5, 5.41) is 16.4. The van der Waals surface area contributed by atoms with E-state index in [0.29, 0.717) is 44.6 Å². The lowest BCUT2D eigenvalue weighted by atomic mass is 10.4. The van der Waals surface area contributed by atoms with Crippen LogP contribution in [0.5, 0.6) is 6.01 Å². The number of nitrogens with zero attached hydrogens (tertiary/aromatic N) is 6. The second-order valence-corrected chi connectivity index (χ2v) is 4.40. The number of hydrogen-bond donors (Lipinski definition) is 0. The minimum atomic E-state index is -0.330. The van der Waals surface area contributed by atoms with Crippen molar-refractivity contribution in [1.29, 1.82) is 0 Å². The Morgan fingerprint density at radius 3 is 2.74 bits per heavy atom. The third kappa shape index (κ3) is 1.97. The van der Waals surface area contributed by atoms with Crippen molar-refractivity contribution < 1.29 is 14.2 Å². The van der Waals surface area contributed by atoms with Crippen molar-refractivity contribution in [2.24, 2.45) is 0 Å². The lowest BCUT2D eigenvalue weighted by Gasteiger charge is -2.24. The van der Waals surface area contributed by atoms with Crippen molar-refractivity contribution in [3.8, 4) is 6.01 Å². The highest BCUT2D eigenvalue weighted by Crippen LogP contribution is 2.11. The summed E-state index contributed by atoms with van der Waals surface area (Å²) < 4.78 is 8.46. The molecule has 2 aromatic rings. The number of aromatic nitrogens is 5. The first kappa shape index (κ1) is 12.1. The van der Waals surface area contributed by atoms with Gasteiger partial charge in [-0.2, -0.15) is 9.08 Å². The van der Waals surface area contributed by atoms with Gasteiger partial charge in [0.1, 0.15) is 0 Å². The predicted octanol–water partition coefficient (Wildman–Crippen LogP) is -1.35. The molecule has 3 rings (SSSR count). The molecule has 102 valence electrons. The largest absolute Gasteiger partial charge is 0.830 e. The summed E-state index contributed by atoms with van der Waals surface area (Å²) in [6, 6.07) is -0.330. The molecule has 0 aromatic carbocycles. The highest BCUT2D eigenvalue weighted by Gasteiger charge is 2.22. The van der Waals surface area contributed by atoms with Gasteiger partial charge >= 0.3 is 11.7 Å². The number of ether oxygens (including phenoxy) is 1. The fourth-order valence-electron chi connectivity index (χ4n) is 2.24. The average Bonchev–Trinajstić information content (AvgIpc) is 2.76. The number of anilines is 1. The highest BCUT2D eigenvalue weighted by molar-refractivity contribution is 5.35. The average molecular weight is 264 g/mol. The number of aryl methyl sites for hydroxylation is 2. The molecule has 1 saturated heterocycles. The van der Waals surface area contributed by atoms with Crippen LogP contribution in [-0.4, -0.2) is 46.1 Å². The predicted molar refractivity (Wildman–Crippen MR) is 63.9 cm³/mol. The molecule has 1 fully saturated rings. The highest BCUT2D eigenvalue weighted by atomic mass is 16.5. The normalized spacial score (nSPS) is 16.2. The van der Waals surface area contributed by atoms with Crippen molar-refractivity contribution in [2.45, 2.75) is 20.4 Å². The van der Waals surface area contributed by atoms with Gasteiger partial charge in [0, 0.05) is 25.1 Å². The second-order valence-electron chi connectivity index (χ2n) is 4.40. The topological polar surface area (TPSA) is 83.2 Å². The number of rotatable bonds is 2. The van der Waals surface area contributed by atoms with Crippen LogP contribution in [0.15, 0.2) is 0 Å². The van der Waals surface area contributed by atoms with Crippen molar-refractivity contribution >= 4 is 11.7 Å². The molecule has 0 spiro atoms. The van der Waals surface area contributed by atoms with E-state index < -0.39 is 0 Å². The van der Waals surface area contributed by atoms with Crippen molar-refractivity contribution in [3.63, 3.8) is 0 Å². The van der Waals surface area contributed by atoms with Crippen LogP contribution in [0.2, 0.25) is 0 Å². The number of morpholine rings is 1. The van der Waals surface area contributed by atoms with Gasteiger partial charge in [-0.25, -0.2) is 0 Å². The van der Waals surface area contributed by atoms with Crippen molar-refractivity contribution in [1.82, 2.24) is 19.7 Å². The summed E-state index contributed by atoms with van der Waals surface area (Å²) in [6.07, 6.45) is 0. The van der Waals surface area contributed by atoms with Gasteiger partial charge in [-0.05, 0) is 6.92 Å². The Morgan fingerprint density at radius 1 is 1.32 bits per heavy atom. The van der Waals surface area contributed by atoms with Crippen molar-refractivity contribution in [3.05, 3.63) is 5.82 Å². The van der Waals surface area contributed by atoms with Gasteiger partial charge in [-0.15, -0.1) is 4.98 Å². The van der Waals surface area contributed by atoms with Crippen LogP contribution in [-0.2, 0) is 11.3 Å². The Kier molecular flexibility index (Phi) is 2.94. The fourth-order valence-corrected chi connectivity index (χ4v) is 2.24. The zero-order valence-electron chi connectivity index (χ0n) is 11.0. The maximum Gasteiger partial charge on any atom is 0.391 e. The first-order chi connectivity index (χ1) is 9.20. The van der Waals surface area contributed by atoms with E-state index in [1.54, 1.807) is 4.68 Å². The van der Waals surface area contributed by atoms with Crippen LogP contribution in [0, 0.1) is 6.92 Å². The fraction of sp³-hybridized carbons (Fsp3) is 0.636. The van der Waals surface area contributed by atoms with E-state index >= 15 is 0 Å². The SMILES string of the molecule is CCn1nc2nc(N3CCOCC3)nc([O-])[n+]2c1C. The van der Waals surface area contributed by atoms with Crippen LogP contribution in [0.4, 0.5) is 5.95 Å². The maximum absolute atomic E-state index is 12.1. The Bertz CT molecular complexity index is 605. The van der Waals surface area contributed by atoms with Gasteiger partial charge in [0.15, 0.2) is 11.8 Å². The molecule has 0 N–H and O–H groups in total. The quantitative estimate of drug-likeness (QED) is 0.624. The Labute approximate surface area is 110 Å². The van der Waals surface area contributed by atoms with Gasteiger partial charge in [-0.1, -0.05) is 4.98 Å². The molecule has 0 atom stereocenters. The molecular formula is C11H16N6O2. The zero-order chi connectivity index (χ0) is 13.4. The molecule has 3 heterocycles. The van der Waals surface area contributed by atoms with Gasteiger partial charge in [0.05, 0.1) is 19.8 Å². The van der Waals surface area contributed by atoms with E-state index in [-0.39, 0.29) is 6.01 Å². The summed E-state index contributed by atoms with van der Waals surface area (Å²) in [5.41, 5.74) is 0. The minimum absolute atomic E-state index is 0.330. The van der Waals surface area contributed by atoms with Gasteiger partial charge < -0.3 is 14.7 Å². The second kappa shape index (κ2) is 4.61. The molecular weight excluding hydrogens is 248 g/mol. The van der Waals surface area contributed by atoms with Gasteiger partial charge in [0.2, 0.25) is 0 Å². The molecule has 2 aromatic heterocycles. The lowest BCUT2D eigenvalue weighted by Crippen LogP contribution is -2.39. The lowest BCUT2D eigenvalue weighted by molar-refractivity contribution is -0.599. The summed E-state index contributed by atoms with van der Waals surface area (Å²) in [7, 11) is 0. The first-order valence-electron chi connectivity index (χ1n) is 6.37. The first-order valence-corrected chi connectivity index (χ1v) is 6.37. The van der Waals surface area contributed by atoms with E-state index in [1.807, 2.05) is 18.7 Å². The van der Waals surface area contributed by atoms with Crippen LogP contribution in [0.3, 0.4) is 0 Å². The van der Waals surface area contributed by atoms with E-state index in [1.165, 1.54) is 4.40 Å². The van der Waals surface area contributed by atoms with E-state index in [2.05, 4.69) is 15.1 Å². The van der Waals surface area contributed by atoms with E-state index in [9.17, 15) is 5.11 Å². The van der Waals surface area contributed by atoms with Crippen LogP contribution in [0.25, 0.3) is 5.78 Å². The van der Waals surface area contributed by atoms with E-state index in [4.69, 9.17) is 4.74 Å². The third-order valence-electron chi connectivity index (χ3n) is 3.29. The third-order valence-corrected chi connectivity index (χ3v) is 3.29. The molecule has 0 radical (unpaired) electrons.